The van der Waals surface area contributed by atoms with Gasteiger partial charge in [-0.15, -0.1) is 0 Å². The highest BCUT2D eigenvalue weighted by atomic mass is 79.9. The van der Waals surface area contributed by atoms with Crippen LogP contribution in [0.4, 0.5) is 0 Å². The second kappa shape index (κ2) is 12.3. The zero-order valence-electron chi connectivity index (χ0n) is 19.8. The Hall–Kier alpha value is -1.76. The summed E-state index contributed by atoms with van der Waals surface area (Å²) >= 11 is 16.0. The Morgan fingerprint density at radius 3 is 2.38 bits per heavy atom. The molecule has 0 heterocycles. The highest BCUT2D eigenvalue weighted by Crippen LogP contribution is 2.27. The van der Waals surface area contributed by atoms with Gasteiger partial charge < -0.3 is 15.0 Å². The first-order valence-corrected chi connectivity index (χ1v) is 13.2. The van der Waals surface area contributed by atoms with Gasteiger partial charge in [0.25, 0.3) is 5.91 Å². The maximum absolute atomic E-state index is 13.4. The van der Waals surface area contributed by atoms with E-state index >= 15 is 0 Å². The maximum atomic E-state index is 13.4. The largest absolute Gasteiger partial charge is 0.484 e. The molecule has 0 unspecified atom stereocenters. The third kappa shape index (κ3) is 6.89. The first kappa shape index (κ1) is 26.8. The van der Waals surface area contributed by atoms with E-state index in [0.29, 0.717) is 22.2 Å². The normalized spacial score (nSPS) is 14.6. The Morgan fingerprint density at radius 2 is 1.79 bits per heavy atom. The topological polar surface area (TPSA) is 58.6 Å². The number of amides is 2. The standard InChI is InChI=1S/C26H31BrCl2N2O3/c1-4-23(26(33)30-20-7-5-6-8-20)31(14-18-9-10-19(28)13-22(18)29)24(32)15-34-21-11-16(2)25(27)17(3)12-21/h9-13,20,23H,4-8,14-15H2,1-3H3,(H,30,33)/t23-/m1/s1. The van der Waals surface area contributed by atoms with E-state index in [2.05, 4.69) is 21.2 Å². The molecule has 0 spiro atoms. The van der Waals surface area contributed by atoms with Crippen LogP contribution >= 0.6 is 39.1 Å². The molecule has 34 heavy (non-hydrogen) atoms. The van der Waals surface area contributed by atoms with Crippen molar-refractivity contribution in [2.24, 2.45) is 0 Å². The number of aryl methyl sites for hydroxylation is 2. The van der Waals surface area contributed by atoms with Crippen LogP contribution in [0.15, 0.2) is 34.8 Å². The van der Waals surface area contributed by atoms with Gasteiger partial charge in [-0.1, -0.05) is 65.0 Å². The van der Waals surface area contributed by atoms with Gasteiger partial charge in [-0.2, -0.15) is 0 Å². The van der Waals surface area contributed by atoms with Gasteiger partial charge in [-0.05, 0) is 74.1 Å². The van der Waals surface area contributed by atoms with Crippen LogP contribution in [0.1, 0.15) is 55.7 Å². The number of nitrogens with zero attached hydrogens (tertiary/aromatic N) is 1. The third-order valence-electron chi connectivity index (χ3n) is 6.22. The van der Waals surface area contributed by atoms with Crippen molar-refractivity contribution in [3.05, 3.63) is 61.5 Å². The van der Waals surface area contributed by atoms with Crippen LogP contribution in [0.5, 0.6) is 5.75 Å². The van der Waals surface area contributed by atoms with E-state index in [1.807, 2.05) is 32.9 Å². The highest BCUT2D eigenvalue weighted by molar-refractivity contribution is 9.10. The molecule has 2 aromatic rings. The minimum atomic E-state index is -0.628. The van der Waals surface area contributed by atoms with Crippen LogP contribution in [-0.4, -0.2) is 35.4 Å². The van der Waals surface area contributed by atoms with Gasteiger partial charge in [0.05, 0.1) is 0 Å². The van der Waals surface area contributed by atoms with Crippen LogP contribution in [0.25, 0.3) is 0 Å². The third-order valence-corrected chi connectivity index (χ3v) is 8.05. The molecular weight excluding hydrogens is 539 g/mol. The summed E-state index contributed by atoms with van der Waals surface area (Å²) in [7, 11) is 0. The van der Waals surface area contributed by atoms with Crippen LogP contribution < -0.4 is 10.1 Å². The first-order valence-electron chi connectivity index (χ1n) is 11.6. The second-order valence-electron chi connectivity index (χ2n) is 8.83. The molecule has 1 fully saturated rings. The molecule has 5 nitrogen and oxygen atoms in total. The van der Waals surface area contributed by atoms with Crippen molar-refractivity contribution in [2.45, 2.75) is 71.5 Å². The summed E-state index contributed by atoms with van der Waals surface area (Å²) in [5.41, 5.74) is 2.77. The van der Waals surface area contributed by atoms with Crippen molar-refractivity contribution in [2.75, 3.05) is 6.61 Å². The summed E-state index contributed by atoms with van der Waals surface area (Å²) in [6.45, 7) is 5.86. The number of rotatable bonds is 9. The first-order chi connectivity index (χ1) is 16.2. The van der Waals surface area contributed by atoms with E-state index in [1.165, 1.54) is 0 Å². The molecule has 8 heteroatoms. The van der Waals surface area contributed by atoms with Gasteiger partial charge in [0.15, 0.2) is 6.61 Å². The van der Waals surface area contributed by atoms with Crippen LogP contribution in [0.3, 0.4) is 0 Å². The zero-order chi connectivity index (χ0) is 24.8. The lowest BCUT2D eigenvalue weighted by Crippen LogP contribution is -2.52. The SMILES string of the molecule is CC[C@H](C(=O)NC1CCCC1)N(Cc1ccc(Cl)cc1Cl)C(=O)COc1cc(C)c(Br)c(C)c1. The Kier molecular flexibility index (Phi) is 9.69. The van der Waals surface area contributed by atoms with E-state index in [0.717, 1.165) is 46.8 Å². The molecule has 0 bridgehead atoms. The minimum absolute atomic E-state index is 0.136. The lowest BCUT2D eigenvalue weighted by atomic mass is 10.1. The van der Waals surface area contributed by atoms with Crippen molar-refractivity contribution < 1.29 is 14.3 Å². The highest BCUT2D eigenvalue weighted by Gasteiger charge is 2.31. The average Bonchev–Trinajstić information content (AvgIpc) is 3.30. The zero-order valence-corrected chi connectivity index (χ0v) is 22.9. The molecule has 2 aromatic carbocycles. The molecule has 0 aromatic heterocycles. The van der Waals surface area contributed by atoms with Crippen molar-refractivity contribution in [3.8, 4) is 5.75 Å². The molecule has 1 N–H and O–H groups in total. The fourth-order valence-corrected chi connectivity index (χ4v) is 5.04. The minimum Gasteiger partial charge on any atom is -0.484 e. The van der Waals surface area contributed by atoms with Crippen LogP contribution in [0.2, 0.25) is 10.0 Å². The predicted molar refractivity (Wildman–Crippen MR) is 141 cm³/mol. The summed E-state index contributed by atoms with van der Waals surface area (Å²) in [6, 6.07) is 8.47. The van der Waals surface area contributed by atoms with Crippen molar-refractivity contribution >= 4 is 50.9 Å². The Bertz CT molecular complexity index is 1020. The van der Waals surface area contributed by atoms with Crippen LogP contribution in [-0.2, 0) is 16.1 Å². The molecule has 2 amide bonds. The summed E-state index contributed by atoms with van der Waals surface area (Å²) < 4.78 is 6.88. The number of halogens is 3. The molecule has 1 aliphatic carbocycles. The van der Waals surface area contributed by atoms with Gasteiger partial charge in [0.1, 0.15) is 11.8 Å². The average molecular weight is 570 g/mol. The van der Waals surface area contributed by atoms with E-state index in [1.54, 1.807) is 23.1 Å². The fourth-order valence-electron chi connectivity index (χ4n) is 4.34. The van der Waals surface area contributed by atoms with Crippen LogP contribution in [0, 0.1) is 13.8 Å². The van der Waals surface area contributed by atoms with Gasteiger partial charge in [0.2, 0.25) is 5.91 Å². The number of nitrogens with one attached hydrogen (secondary N) is 1. The van der Waals surface area contributed by atoms with Crippen molar-refractivity contribution in [3.63, 3.8) is 0 Å². The molecule has 0 saturated heterocycles. The molecule has 1 aliphatic rings. The molecule has 0 aliphatic heterocycles. The number of carbonyl (C=O) groups is 2. The molecule has 1 atom stereocenters. The van der Waals surface area contributed by atoms with Gasteiger partial charge in [-0.3, -0.25) is 9.59 Å². The molecule has 3 rings (SSSR count). The number of carbonyl (C=O) groups excluding carboxylic acids is 2. The lowest BCUT2D eigenvalue weighted by Gasteiger charge is -2.31. The molecule has 184 valence electrons. The van der Waals surface area contributed by atoms with Gasteiger partial charge in [-0.25, -0.2) is 0 Å². The quantitative estimate of drug-likeness (QED) is 0.369. The van der Waals surface area contributed by atoms with E-state index in [-0.39, 0.29) is 31.0 Å². The number of benzene rings is 2. The summed E-state index contributed by atoms with van der Waals surface area (Å²) in [4.78, 5) is 28.2. The summed E-state index contributed by atoms with van der Waals surface area (Å²) in [6.07, 6.45) is 4.66. The predicted octanol–water partition coefficient (Wildman–Crippen LogP) is 6.62. The van der Waals surface area contributed by atoms with E-state index in [9.17, 15) is 9.59 Å². The van der Waals surface area contributed by atoms with E-state index in [4.69, 9.17) is 27.9 Å². The smallest absolute Gasteiger partial charge is 0.261 e. The Morgan fingerprint density at radius 1 is 1.15 bits per heavy atom. The number of ether oxygens (including phenoxy) is 1. The van der Waals surface area contributed by atoms with Gasteiger partial charge >= 0.3 is 0 Å². The molecule has 0 radical (unpaired) electrons. The van der Waals surface area contributed by atoms with E-state index < -0.39 is 6.04 Å². The lowest BCUT2D eigenvalue weighted by molar-refractivity contribution is -0.143. The number of hydrogen-bond acceptors (Lipinski definition) is 3. The maximum Gasteiger partial charge on any atom is 0.261 e. The molecule has 1 saturated carbocycles. The fraction of sp³-hybridized carbons (Fsp3) is 0.462. The van der Waals surface area contributed by atoms with Crippen molar-refractivity contribution in [1.29, 1.82) is 0 Å². The summed E-state index contributed by atoms with van der Waals surface area (Å²) in [5.74, 6) is 0.195. The second-order valence-corrected chi connectivity index (χ2v) is 10.5. The Labute approximate surface area is 220 Å². The Balaban J connectivity index is 1.81. The number of hydrogen-bond donors (Lipinski definition) is 1. The molecular formula is C26H31BrCl2N2O3. The van der Waals surface area contributed by atoms with Gasteiger partial charge in [0, 0.05) is 27.1 Å². The van der Waals surface area contributed by atoms with Crippen molar-refractivity contribution in [1.82, 2.24) is 10.2 Å². The summed E-state index contributed by atoms with van der Waals surface area (Å²) in [5, 5.41) is 4.11. The monoisotopic (exact) mass is 568 g/mol.